The smallest absolute Gasteiger partial charge is 0.0992 e. The molecule has 2 N–H and O–H groups in total. The van der Waals surface area contributed by atoms with Gasteiger partial charge in [0.1, 0.15) is 0 Å². The van der Waals surface area contributed by atoms with E-state index in [1.165, 1.54) is 0 Å². The molecule has 96 valence electrons. The third-order valence-electron chi connectivity index (χ3n) is 3.41. The Hall–Kier alpha value is -1.57. The Morgan fingerprint density at radius 2 is 2.06 bits per heavy atom. The van der Waals surface area contributed by atoms with Gasteiger partial charge in [-0.2, -0.15) is 5.26 Å². The monoisotopic (exact) mass is 246 g/mol. The molecule has 2 rings (SSSR count). The van der Waals surface area contributed by atoms with E-state index in [1.807, 2.05) is 12.1 Å². The maximum Gasteiger partial charge on any atom is 0.0992 e. The van der Waals surface area contributed by atoms with Crippen LogP contribution in [0.2, 0.25) is 0 Å². The van der Waals surface area contributed by atoms with Crippen LogP contribution in [0.1, 0.15) is 37.0 Å². The molecule has 0 spiro atoms. The molecule has 1 saturated heterocycles. The molecule has 4 nitrogen and oxygen atoms in total. The molecule has 0 bridgehead atoms. The molecule has 0 aromatic heterocycles. The van der Waals surface area contributed by atoms with Gasteiger partial charge in [0.15, 0.2) is 0 Å². The zero-order valence-corrected chi connectivity index (χ0v) is 10.5. The van der Waals surface area contributed by atoms with Crippen molar-refractivity contribution in [1.82, 2.24) is 0 Å². The van der Waals surface area contributed by atoms with Gasteiger partial charge in [0.25, 0.3) is 0 Å². The lowest BCUT2D eigenvalue weighted by atomic mass is 10.0. The quantitative estimate of drug-likeness (QED) is 0.831. The van der Waals surface area contributed by atoms with E-state index in [1.54, 1.807) is 13.0 Å². The van der Waals surface area contributed by atoms with E-state index in [0.717, 1.165) is 37.2 Å². The van der Waals surface area contributed by atoms with E-state index in [4.69, 9.17) is 5.26 Å². The lowest BCUT2D eigenvalue weighted by Crippen LogP contribution is -2.36. The summed E-state index contributed by atoms with van der Waals surface area (Å²) < 4.78 is 0. The SMILES string of the molecule is C[C@@H](O)c1ccc(C#N)cc1N1CCC(O)CC1. The van der Waals surface area contributed by atoms with Crippen molar-refractivity contribution in [2.75, 3.05) is 18.0 Å². The highest BCUT2D eigenvalue weighted by atomic mass is 16.3. The fourth-order valence-corrected chi connectivity index (χ4v) is 2.35. The topological polar surface area (TPSA) is 67.5 Å². The number of aliphatic hydroxyl groups is 2. The van der Waals surface area contributed by atoms with Crippen molar-refractivity contribution >= 4 is 5.69 Å². The largest absolute Gasteiger partial charge is 0.393 e. The second kappa shape index (κ2) is 5.38. The van der Waals surface area contributed by atoms with Crippen LogP contribution in [-0.2, 0) is 0 Å². The minimum atomic E-state index is -0.556. The van der Waals surface area contributed by atoms with Gasteiger partial charge in [-0.25, -0.2) is 0 Å². The molecule has 0 aliphatic carbocycles. The molecule has 1 aromatic rings. The first-order chi connectivity index (χ1) is 8.61. The third-order valence-corrected chi connectivity index (χ3v) is 3.41. The predicted octanol–water partition coefficient (Wildman–Crippen LogP) is 1.57. The number of anilines is 1. The summed E-state index contributed by atoms with van der Waals surface area (Å²) in [5.41, 5.74) is 2.35. The number of nitriles is 1. The highest BCUT2D eigenvalue weighted by molar-refractivity contribution is 5.58. The third kappa shape index (κ3) is 2.63. The summed E-state index contributed by atoms with van der Waals surface area (Å²) in [4.78, 5) is 2.13. The van der Waals surface area contributed by atoms with Gasteiger partial charge in [-0.3, -0.25) is 0 Å². The molecule has 1 aliphatic heterocycles. The number of piperidine rings is 1. The molecule has 1 heterocycles. The number of hydrogen-bond donors (Lipinski definition) is 2. The van der Waals surface area contributed by atoms with Crippen molar-refractivity contribution in [3.63, 3.8) is 0 Å². The summed E-state index contributed by atoms with van der Waals surface area (Å²) in [5.74, 6) is 0. The van der Waals surface area contributed by atoms with Crippen LogP contribution in [-0.4, -0.2) is 29.4 Å². The molecule has 1 aromatic carbocycles. The maximum atomic E-state index is 9.79. The van der Waals surface area contributed by atoms with Crippen LogP contribution in [0.25, 0.3) is 0 Å². The Bertz CT molecular complexity index is 457. The molecule has 4 heteroatoms. The number of rotatable bonds is 2. The van der Waals surface area contributed by atoms with E-state index in [0.29, 0.717) is 5.56 Å². The summed E-state index contributed by atoms with van der Waals surface area (Å²) in [6, 6.07) is 7.48. The number of hydrogen-bond acceptors (Lipinski definition) is 4. The molecule has 1 atom stereocenters. The van der Waals surface area contributed by atoms with E-state index in [-0.39, 0.29) is 6.10 Å². The van der Waals surface area contributed by atoms with Crippen LogP contribution in [0.3, 0.4) is 0 Å². The van der Waals surface area contributed by atoms with Crippen LogP contribution in [0, 0.1) is 11.3 Å². The molecule has 1 fully saturated rings. The zero-order valence-electron chi connectivity index (χ0n) is 10.5. The number of nitrogens with zero attached hydrogens (tertiary/aromatic N) is 2. The Balaban J connectivity index is 2.32. The van der Waals surface area contributed by atoms with Crippen LogP contribution < -0.4 is 4.90 Å². The van der Waals surface area contributed by atoms with E-state index < -0.39 is 6.10 Å². The summed E-state index contributed by atoms with van der Waals surface area (Å²) in [5, 5.41) is 28.3. The van der Waals surface area contributed by atoms with Gasteiger partial charge < -0.3 is 15.1 Å². The predicted molar refractivity (Wildman–Crippen MR) is 69.2 cm³/mol. The van der Waals surface area contributed by atoms with Crippen molar-refractivity contribution in [1.29, 1.82) is 5.26 Å². The average Bonchev–Trinajstić information content (AvgIpc) is 2.38. The van der Waals surface area contributed by atoms with Gasteiger partial charge in [0, 0.05) is 24.3 Å². The molecule has 1 aliphatic rings. The second-order valence-corrected chi connectivity index (χ2v) is 4.78. The first-order valence-corrected chi connectivity index (χ1v) is 6.27. The average molecular weight is 246 g/mol. The van der Waals surface area contributed by atoms with E-state index >= 15 is 0 Å². The molecule has 18 heavy (non-hydrogen) atoms. The summed E-state index contributed by atoms with van der Waals surface area (Å²) in [6.45, 7) is 3.25. The van der Waals surface area contributed by atoms with Gasteiger partial charge in [-0.05, 0) is 31.9 Å². The summed E-state index contributed by atoms with van der Waals surface area (Å²) in [6.07, 6.45) is 0.682. The van der Waals surface area contributed by atoms with Crippen molar-refractivity contribution in [3.8, 4) is 6.07 Å². The van der Waals surface area contributed by atoms with Crippen molar-refractivity contribution in [3.05, 3.63) is 29.3 Å². The molecule has 0 radical (unpaired) electrons. The fraction of sp³-hybridized carbons (Fsp3) is 0.500. The molecule has 0 saturated carbocycles. The Morgan fingerprint density at radius 3 is 2.61 bits per heavy atom. The first kappa shape index (κ1) is 12.9. The second-order valence-electron chi connectivity index (χ2n) is 4.78. The highest BCUT2D eigenvalue weighted by Gasteiger charge is 2.21. The van der Waals surface area contributed by atoms with Gasteiger partial charge in [-0.1, -0.05) is 6.07 Å². The van der Waals surface area contributed by atoms with Gasteiger partial charge in [0.2, 0.25) is 0 Å². The van der Waals surface area contributed by atoms with Gasteiger partial charge >= 0.3 is 0 Å². The van der Waals surface area contributed by atoms with Gasteiger partial charge in [0.05, 0.1) is 23.8 Å². The van der Waals surface area contributed by atoms with Crippen molar-refractivity contribution in [2.24, 2.45) is 0 Å². The van der Waals surface area contributed by atoms with Crippen molar-refractivity contribution in [2.45, 2.75) is 32.0 Å². The molecular formula is C14H18N2O2. The number of benzene rings is 1. The van der Waals surface area contributed by atoms with E-state index in [9.17, 15) is 10.2 Å². The lowest BCUT2D eigenvalue weighted by molar-refractivity contribution is 0.145. The van der Waals surface area contributed by atoms with Crippen LogP contribution in [0.5, 0.6) is 0 Å². The van der Waals surface area contributed by atoms with Crippen LogP contribution in [0.4, 0.5) is 5.69 Å². The van der Waals surface area contributed by atoms with Crippen molar-refractivity contribution < 1.29 is 10.2 Å². The molecule has 0 unspecified atom stereocenters. The van der Waals surface area contributed by atoms with Gasteiger partial charge in [-0.15, -0.1) is 0 Å². The summed E-state index contributed by atoms with van der Waals surface area (Å²) >= 11 is 0. The van der Waals surface area contributed by atoms with Crippen LogP contribution >= 0.6 is 0 Å². The van der Waals surface area contributed by atoms with Crippen LogP contribution in [0.15, 0.2) is 18.2 Å². The Kier molecular flexibility index (Phi) is 3.85. The normalized spacial score (nSPS) is 18.4. The Morgan fingerprint density at radius 1 is 1.39 bits per heavy atom. The molecular weight excluding hydrogens is 228 g/mol. The Labute approximate surface area is 107 Å². The maximum absolute atomic E-state index is 9.79. The minimum absolute atomic E-state index is 0.226. The standard InChI is InChI=1S/C14H18N2O2/c1-10(17)13-3-2-11(9-15)8-14(13)16-6-4-12(18)5-7-16/h2-3,8,10,12,17-18H,4-7H2,1H3/t10-/m1/s1. The number of aliphatic hydroxyl groups excluding tert-OH is 2. The van der Waals surface area contributed by atoms with E-state index in [2.05, 4.69) is 11.0 Å². The lowest BCUT2D eigenvalue weighted by Gasteiger charge is -2.33. The highest BCUT2D eigenvalue weighted by Crippen LogP contribution is 2.29. The molecule has 0 amide bonds. The summed E-state index contributed by atoms with van der Waals surface area (Å²) in [7, 11) is 0. The minimum Gasteiger partial charge on any atom is -0.393 e. The zero-order chi connectivity index (χ0) is 13.1. The fourth-order valence-electron chi connectivity index (χ4n) is 2.35. The first-order valence-electron chi connectivity index (χ1n) is 6.27.